The van der Waals surface area contributed by atoms with E-state index in [4.69, 9.17) is 14.2 Å². The van der Waals surface area contributed by atoms with Crippen molar-refractivity contribution in [1.82, 2.24) is 4.68 Å². The van der Waals surface area contributed by atoms with Crippen LogP contribution in [0.2, 0.25) is 0 Å². The van der Waals surface area contributed by atoms with Gasteiger partial charge in [-0.1, -0.05) is 46.3 Å². The summed E-state index contributed by atoms with van der Waals surface area (Å²) >= 11 is 3.79. The van der Waals surface area contributed by atoms with Gasteiger partial charge in [-0.2, -0.15) is 0 Å². The Morgan fingerprint density at radius 1 is 1.23 bits per heavy atom. The number of esters is 1. The Labute approximate surface area is 213 Å². The molecule has 8 heteroatoms. The fourth-order valence-corrected chi connectivity index (χ4v) is 4.64. The zero-order chi connectivity index (χ0) is 24.9. The van der Waals surface area contributed by atoms with Gasteiger partial charge in [0.05, 0.1) is 19.8 Å². The summed E-state index contributed by atoms with van der Waals surface area (Å²) in [4.78, 5) is 24.6. The van der Waals surface area contributed by atoms with Crippen molar-refractivity contribution in [3.05, 3.63) is 91.8 Å². The lowest BCUT2D eigenvalue weighted by Crippen LogP contribution is -2.41. The molecular weight excluding hydrogens is 512 g/mol. The first-order valence-corrected chi connectivity index (χ1v) is 12.5. The maximum Gasteiger partial charge on any atom is 0.343 e. The molecule has 2 aromatic carbocycles. The van der Waals surface area contributed by atoms with Crippen LogP contribution in [0.4, 0.5) is 0 Å². The van der Waals surface area contributed by atoms with Crippen molar-refractivity contribution in [1.29, 1.82) is 0 Å². The van der Waals surface area contributed by atoms with E-state index in [0.717, 1.165) is 33.3 Å². The fourth-order valence-electron chi connectivity index (χ4n) is 4.02. The lowest BCUT2D eigenvalue weighted by molar-refractivity contribution is 0.0523. The monoisotopic (exact) mass is 540 g/mol. The van der Waals surface area contributed by atoms with E-state index in [1.165, 1.54) is 12.3 Å². The second-order valence-electron chi connectivity index (χ2n) is 8.54. The van der Waals surface area contributed by atoms with Crippen LogP contribution in [0.25, 0.3) is 0 Å². The molecule has 0 N–H and O–H groups in total. The van der Waals surface area contributed by atoms with E-state index in [1.54, 1.807) is 17.8 Å². The van der Waals surface area contributed by atoms with Crippen molar-refractivity contribution in [2.75, 3.05) is 18.2 Å². The molecular formula is C27H29BrN2O5. The zero-order valence-electron chi connectivity index (χ0n) is 20.1. The summed E-state index contributed by atoms with van der Waals surface area (Å²) in [5.41, 5.74) is 2.82. The van der Waals surface area contributed by atoms with Crippen LogP contribution >= 0.6 is 15.9 Å². The van der Waals surface area contributed by atoms with E-state index in [1.807, 2.05) is 36.4 Å². The van der Waals surface area contributed by atoms with Crippen LogP contribution in [0.15, 0.2) is 64.1 Å². The highest BCUT2D eigenvalue weighted by molar-refractivity contribution is 9.10. The van der Waals surface area contributed by atoms with Gasteiger partial charge in [0.1, 0.15) is 12.2 Å². The summed E-state index contributed by atoms with van der Waals surface area (Å²) in [5, 5.41) is 2.06. The Morgan fingerprint density at radius 3 is 2.71 bits per heavy atom. The maximum atomic E-state index is 12.3. The third-order valence-electron chi connectivity index (χ3n) is 5.81. The van der Waals surface area contributed by atoms with Crippen LogP contribution in [0.3, 0.4) is 0 Å². The van der Waals surface area contributed by atoms with Crippen LogP contribution < -0.4 is 19.9 Å². The molecule has 0 radical (unpaired) electrons. The molecule has 0 bridgehead atoms. The number of rotatable bonds is 9. The number of pyridine rings is 1. The molecule has 3 aromatic rings. The van der Waals surface area contributed by atoms with Gasteiger partial charge >= 0.3 is 5.97 Å². The molecule has 0 saturated carbocycles. The number of benzene rings is 2. The molecule has 2 heterocycles. The standard InChI is InChI=1S/C27H29BrN2O5/c1-4-33-27(32)22-16-29(12-10-23(22)31)30(18(2)3)15-20-14-24(26-21(25(20)28)11-13-34-26)35-17-19-8-6-5-7-9-19/h5-10,12,14,16,18H,4,11,13,15,17H2,1-3H3. The fraction of sp³-hybridized carbons (Fsp3) is 0.333. The summed E-state index contributed by atoms with van der Waals surface area (Å²) in [5.74, 6) is 0.860. The number of carbonyl (C=O) groups excluding carboxylic acids is 1. The highest BCUT2D eigenvalue weighted by Crippen LogP contribution is 2.43. The van der Waals surface area contributed by atoms with Gasteiger partial charge in [-0.25, -0.2) is 4.79 Å². The Kier molecular flexibility index (Phi) is 7.80. The van der Waals surface area contributed by atoms with E-state index in [-0.39, 0.29) is 23.6 Å². The highest BCUT2D eigenvalue weighted by atomic mass is 79.9. The third kappa shape index (κ3) is 5.53. The highest BCUT2D eigenvalue weighted by Gasteiger charge is 2.25. The Balaban J connectivity index is 1.66. The topological polar surface area (TPSA) is 70.0 Å². The second kappa shape index (κ2) is 11.0. The number of hydrogen-bond donors (Lipinski definition) is 0. The zero-order valence-corrected chi connectivity index (χ0v) is 21.7. The van der Waals surface area contributed by atoms with Gasteiger partial charge in [-0.3, -0.25) is 9.47 Å². The molecule has 0 unspecified atom stereocenters. The van der Waals surface area contributed by atoms with Crippen LogP contribution in [-0.2, 0) is 24.3 Å². The molecule has 0 atom stereocenters. The Hall–Kier alpha value is -3.26. The summed E-state index contributed by atoms with van der Waals surface area (Å²) in [7, 11) is 0. The summed E-state index contributed by atoms with van der Waals surface area (Å²) in [6.07, 6.45) is 4.00. The smallest absolute Gasteiger partial charge is 0.343 e. The number of ether oxygens (including phenoxy) is 3. The summed E-state index contributed by atoms with van der Waals surface area (Å²) in [6, 6.07) is 13.5. The quantitative estimate of drug-likeness (QED) is 0.361. The SMILES string of the molecule is CCOC(=O)c1cn(N(Cc2cc(OCc3ccccc3)c3c(c2Br)CCO3)C(C)C)ccc1=O. The number of fused-ring (bicyclic) bond motifs is 1. The van der Waals surface area contributed by atoms with Gasteiger partial charge in [-0.15, -0.1) is 0 Å². The van der Waals surface area contributed by atoms with Crippen molar-refractivity contribution in [3.63, 3.8) is 0 Å². The summed E-state index contributed by atoms with van der Waals surface area (Å²) in [6.45, 7) is 7.59. The molecule has 1 aliphatic heterocycles. The van der Waals surface area contributed by atoms with Gasteiger partial charge in [0, 0.05) is 41.0 Å². The lowest BCUT2D eigenvalue weighted by Gasteiger charge is -2.32. The predicted molar refractivity (Wildman–Crippen MR) is 138 cm³/mol. The number of halogens is 1. The first-order chi connectivity index (χ1) is 16.9. The number of nitrogens with zero attached hydrogens (tertiary/aromatic N) is 2. The molecule has 0 fully saturated rings. The number of aromatic nitrogens is 1. The Bertz CT molecular complexity index is 1260. The number of hydrogen-bond acceptors (Lipinski definition) is 6. The first-order valence-electron chi connectivity index (χ1n) is 11.7. The minimum absolute atomic E-state index is 0.00769. The first kappa shape index (κ1) is 24.9. The molecule has 0 saturated heterocycles. The van der Waals surface area contributed by atoms with Crippen molar-refractivity contribution in [3.8, 4) is 11.5 Å². The second-order valence-corrected chi connectivity index (χ2v) is 9.34. The maximum absolute atomic E-state index is 12.3. The Morgan fingerprint density at radius 2 is 2.00 bits per heavy atom. The van der Waals surface area contributed by atoms with Crippen molar-refractivity contribution >= 4 is 21.9 Å². The molecule has 7 nitrogen and oxygen atoms in total. The van der Waals surface area contributed by atoms with E-state index in [9.17, 15) is 9.59 Å². The van der Waals surface area contributed by atoms with E-state index in [2.05, 4.69) is 34.8 Å². The van der Waals surface area contributed by atoms with Crippen LogP contribution in [-0.4, -0.2) is 29.9 Å². The van der Waals surface area contributed by atoms with Gasteiger partial charge in [0.2, 0.25) is 0 Å². The molecule has 184 valence electrons. The molecule has 0 aliphatic carbocycles. The van der Waals surface area contributed by atoms with E-state index >= 15 is 0 Å². The van der Waals surface area contributed by atoms with Gasteiger partial charge in [0.15, 0.2) is 16.9 Å². The molecule has 4 rings (SSSR count). The average molecular weight is 541 g/mol. The lowest BCUT2D eigenvalue weighted by atomic mass is 10.1. The number of carbonyl (C=O) groups is 1. The average Bonchev–Trinajstić information content (AvgIpc) is 3.35. The molecule has 0 amide bonds. The molecule has 35 heavy (non-hydrogen) atoms. The molecule has 0 spiro atoms. The van der Waals surface area contributed by atoms with Crippen molar-refractivity contribution in [2.45, 2.75) is 46.4 Å². The van der Waals surface area contributed by atoms with Gasteiger partial charge < -0.3 is 19.2 Å². The summed E-state index contributed by atoms with van der Waals surface area (Å²) < 4.78 is 19.9. The minimum Gasteiger partial charge on any atom is -0.489 e. The van der Waals surface area contributed by atoms with Crippen LogP contribution in [0.1, 0.15) is 47.8 Å². The minimum atomic E-state index is -0.622. The van der Waals surface area contributed by atoms with Crippen LogP contribution in [0.5, 0.6) is 11.5 Å². The van der Waals surface area contributed by atoms with E-state index in [0.29, 0.717) is 25.5 Å². The third-order valence-corrected chi connectivity index (χ3v) is 6.80. The van der Waals surface area contributed by atoms with Gasteiger partial charge in [0.25, 0.3) is 0 Å². The largest absolute Gasteiger partial charge is 0.489 e. The predicted octanol–water partition coefficient (Wildman–Crippen LogP) is 4.85. The van der Waals surface area contributed by atoms with Crippen molar-refractivity contribution in [2.24, 2.45) is 0 Å². The molecule has 1 aliphatic rings. The normalized spacial score (nSPS) is 12.3. The molecule has 1 aromatic heterocycles. The van der Waals surface area contributed by atoms with Crippen molar-refractivity contribution < 1.29 is 19.0 Å². The van der Waals surface area contributed by atoms with Crippen LogP contribution in [0, 0.1) is 0 Å². The van der Waals surface area contributed by atoms with E-state index < -0.39 is 5.97 Å². The van der Waals surface area contributed by atoms with Gasteiger partial charge in [-0.05, 0) is 38.0 Å².